The second kappa shape index (κ2) is 13.6. The molecule has 180 valence electrons. The van der Waals surface area contributed by atoms with Crippen molar-refractivity contribution in [2.24, 2.45) is 5.92 Å². The van der Waals surface area contributed by atoms with Crippen LogP contribution in [-0.2, 0) is 9.47 Å². The molecule has 3 aliphatic heterocycles. The number of nitrogens with zero attached hydrogens (tertiary/aromatic N) is 2. The van der Waals surface area contributed by atoms with E-state index < -0.39 is 0 Å². The van der Waals surface area contributed by atoms with Gasteiger partial charge in [-0.3, -0.25) is 4.90 Å². The summed E-state index contributed by atoms with van der Waals surface area (Å²) in [6.45, 7) is 7.35. The molecule has 3 fully saturated rings. The molecule has 1 aromatic carbocycles. The number of hydrogen-bond donors (Lipinski definition) is 2. The molecule has 0 aromatic heterocycles. The van der Waals surface area contributed by atoms with Crippen molar-refractivity contribution in [2.45, 2.75) is 38.5 Å². The SMILES string of the molecule is C1CCOCC1.CNC(=O)N(CC1CCNCC1)c1ccc(N2CCCOCC2)c(F)c1. The smallest absolute Gasteiger partial charge is 0.321 e. The monoisotopic (exact) mass is 450 g/mol. The van der Waals surface area contributed by atoms with Crippen LogP contribution in [0.2, 0.25) is 0 Å². The van der Waals surface area contributed by atoms with Gasteiger partial charge in [0.2, 0.25) is 0 Å². The highest BCUT2D eigenvalue weighted by atomic mass is 19.1. The van der Waals surface area contributed by atoms with Crippen LogP contribution in [-0.4, -0.2) is 72.2 Å². The van der Waals surface area contributed by atoms with E-state index in [0.717, 1.165) is 58.7 Å². The normalized spacial score (nSPS) is 20.0. The molecule has 1 aromatic rings. The summed E-state index contributed by atoms with van der Waals surface area (Å²) in [6, 6.07) is 4.92. The molecule has 0 radical (unpaired) electrons. The Morgan fingerprint density at radius 1 is 1.09 bits per heavy atom. The third-order valence-corrected chi connectivity index (χ3v) is 6.24. The van der Waals surface area contributed by atoms with Crippen molar-refractivity contribution in [3.8, 4) is 0 Å². The second-order valence-electron chi connectivity index (χ2n) is 8.62. The van der Waals surface area contributed by atoms with Crippen LogP contribution in [0.5, 0.6) is 0 Å². The molecule has 0 saturated carbocycles. The van der Waals surface area contributed by atoms with Crippen LogP contribution in [0.25, 0.3) is 0 Å². The van der Waals surface area contributed by atoms with Gasteiger partial charge in [-0.25, -0.2) is 9.18 Å². The number of hydrogen-bond acceptors (Lipinski definition) is 5. The predicted octanol–water partition coefficient (Wildman–Crippen LogP) is 3.38. The number of amides is 2. The standard InChI is InChI=1S/C19H29FN4O2.C5H10O/c1-21-19(25)24(14-15-5-7-22-8-6-15)16-3-4-18(17(20)13-16)23-9-2-11-26-12-10-23;1-2-4-6-5-3-1/h3-4,13,15,22H,2,5-12,14H2,1H3,(H,21,25);1-5H2. The summed E-state index contributed by atoms with van der Waals surface area (Å²) in [5.41, 5.74) is 1.19. The lowest BCUT2D eigenvalue weighted by atomic mass is 9.97. The van der Waals surface area contributed by atoms with Gasteiger partial charge in [0.15, 0.2) is 0 Å². The van der Waals surface area contributed by atoms with Crippen LogP contribution in [0.3, 0.4) is 0 Å². The van der Waals surface area contributed by atoms with E-state index in [4.69, 9.17) is 9.47 Å². The van der Waals surface area contributed by atoms with Gasteiger partial charge >= 0.3 is 6.03 Å². The van der Waals surface area contributed by atoms with Crippen molar-refractivity contribution < 1.29 is 18.7 Å². The highest BCUT2D eigenvalue weighted by Gasteiger charge is 2.23. The molecule has 2 N–H and O–H groups in total. The molecule has 32 heavy (non-hydrogen) atoms. The number of piperidine rings is 1. The van der Waals surface area contributed by atoms with Gasteiger partial charge in [-0.05, 0) is 75.7 Å². The van der Waals surface area contributed by atoms with Crippen molar-refractivity contribution in [1.29, 1.82) is 0 Å². The molecule has 0 unspecified atom stereocenters. The van der Waals surface area contributed by atoms with E-state index in [1.807, 2.05) is 11.0 Å². The first-order valence-electron chi connectivity index (χ1n) is 12.1. The van der Waals surface area contributed by atoms with Gasteiger partial charge in [-0.2, -0.15) is 0 Å². The molecule has 2 amide bonds. The zero-order valence-electron chi connectivity index (χ0n) is 19.4. The lowest BCUT2D eigenvalue weighted by molar-refractivity contribution is 0.0968. The molecule has 8 heteroatoms. The van der Waals surface area contributed by atoms with Gasteiger partial charge in [0.1, 0.15) is 5.82 Å². The molecule has 4 rings (SSSR count). The lowest BCUT2D eigenvalue weighted by Gasteiger charge is -2.30. The van der Waals surface area contributed by atoms with Crippen molar-refractivity contribution in [3.05, 3.63) is 24.0 Å². The highest BCUT2D eigenvalue weighted by molar-refractivity contribution is 5.92. The predicted molar refractivity (Wildman–Crippen MR) is 126 cm³/mol. The topological polar surface area (TPSA) is 66.1 Å². The van der Waals surface area contributed by atoms with E-state index in [2.05, 4.69) is 10.6 Å². The average Bonchev–Trinajstić information content (AvgIpc) is 3.14. The Kier molecular flexibility index (Phi) is 10.5. The van der Waals surface area contributed by atoms with Gasteiger partial charge < -0.3 is 25.0 Å². The van der Waals surface area contributed by atoms with Crippen molar-refractivity contribution in [3.63, 3.8) is 0 Å². The molecule has 3 saturated heterocycles. The summed E-state index contributed by atoms with van der Waals surface area (Å²) in [6.07, 6.45) is 6.88. The fourth-order valence-corrected chi connectivity index (χ4v) is 4.36. The van der Waals surface area contributed by atoms with E-state index in [9.17, 15) is 9.18 Å². The summed E-state index contributed by atoms with van der Waals surface area (Å²) < 4.78 is 25.3. The molecular weight excluding hydrogens is 411 g/mol. The first-order chi connectivity index (χ1) is 15.7. The van der Waals surface area contributed by atoms with Crippen LogP contribution in [0.15, 0.2) is 18.2 Å². The Labute approximate surface area is 191 Å². The van der Waals surface area contributed by atoms with E-state index in [0.29, 0.717) is 37.0 Å². The number of rotatable bonds is 4. The Balaban J connectivity index is 0.000000416. The molecule has 0 atom stereocenters. The van der Waals surface area contributed by atoms with Gasteiger partial charge in [-0.1, -0.05) is 0 Å². The fraction of sp³-hybridized carbons (Fsp3) is 0.708. The zero-order chi connectivity index (χ0) is 22.6. The maximum Gasteiger partial charge on any atom is 0.321 e. The van der Waals surface area contributed by atoms with Gasteiger partial charge in [0.05, 0.1) is 12.3 Å². The van der Waals surface area contributed by atoms with Crippen molar-refractivity contribution in [1.82, 2.24) is 10.6 Å². The van der Waals surface area contributed by atoms with Gasteiger partial charge in [0, 0.05) is 52.2 Å². The zero-order valence-corrected chi connectivity index (χ0v) is 19.4. The first-order valence-corrected chi connectivity index (χ1v) is 12.1. The van der Waals surface area contributed by atoms with Crippen molar-refractivity contribution in [2.75, 3.05) is 76.0 Å². The largest absolute Gasteiger partial charge is 0.381 e. The maximum atomic E-state index is 14.8. The number of nitrogens with one attached hydrogen (secondary N) is 2. The minimum atomic E-state index is -0.288. The van der Waals surface area contributed by atoms with Crippen LogP contribution in [0.4, 0.5) is 20.6 Å². The van der Waals surface area contributed by atoms with Crippen LogP contribution in [0, 0.1) is 11.7 Å². The minimum Gasteiger partial charge on any atom is -0.381 e. The number of carbonyl (C=O) groups excluding carboxylic acids is 1. The molecule has 0 spiro atoms. The maximum absolute atomic E-state index is 14.8. The number of halogens is 1. The highest BCUT2D eigenvalue weighted by Crippen LogP contribution is 2.27. The number of carbonyl (C=O) groups is 1. The first kappa shape index (κ1) is 24.7. The average molecular weight is 451 g/mol. The summed E-state index contributed by atoms with van der Waals surface area (Å²) in [4.78, 5) is 16.1. The Morgan fingerprint density at radius 2 is 1.81 bits per heavy atom. The van der Waals surface area contributed by atoms with Gasteiger partial charge in [-0.15, -0.1) is 0 Å². The molecule has 3 heterocycles. The van der Waals surface area contributed by atoms with E-state index in [-0.39, 0.29) is 11.8 Å². The molecule has 3 aliphatic rings. The Hall–Kier alpha value is -1.90. The molecule has 7 nitrogen and oxygen atoms in total. The summed E-state index contributed by atoms with van der Waals surface area (Å²) in [7, 11) is 1.61. The number of benzene rings is 1. The Bertz CT molecular complexity index is 676. The lowest BCUT2D eigenvalue weighted by Crippen LogP contribution is -2.43. The third-order valence-electron chi connectivity index (χ3n) is 6.24. The minimum absolute atomic E-state index is 0.196. The molecule has 0 aliphatic carbocycles. The van der Waals surface area contributed by atoms with Crippen LogP contribution < -0.4 is 20.4 Å². The number of urea groups is 1. The van der Waals surface area contributed by atoms with E-state index in [1.54, 1.807) is 18.0 Å². The number of anilines is 2. The van der Waals surface area contributed by atoms with Crippen LogP contribution in [0.1, 0.15) is 38.5 Å². The summed E-state index contributed by atoms with van der Waals surface area (Å²) in [5.74, 6) is 0.141. The van der Waals surface area contributed by atoms with E-state index in [1.165, 1.54) is 25.3 Å². The molecular formula is C24H39FN4O3. The quantitative estimate of drug-likeness (QED) is 0.736. The van der Waals surface area contributed by atoms with Crippen molar-refractivity contribution >= 4 is 17.4 Å². The third kappa shape index (κ3) is 7.60. The fourth-order valence-electron chi connectivity index (χ4n) is 4.36. The molecule has 0 bridgehead atoms. The second-order valence-corrected chi connectivity index (χ2v) is 8.62. The number of ether oxygens (including phenoxy) is 2. The van der Waals surface area contributed by atoms with Crippen LogP contribution >= 0.6 is 0 Å². The summed E-state index contributed by atoms with van der Waals surface area (Å²) in [5, 5.41) is 6.01. The van der Waals surface area contributed by atoms with E-state index >= 15 is 0 Å². The summed E-state index contributed by atoms with van der Waals surface area (Å²) >= 11 is 0. The Morgan fingerprint density at radius 3 is 2.44 bits per heavy atom. The van der Waals surface area contributed by atoms with Gasteiger partial charge in [0.25, 0.3) is 0 Å².